The third kappa shape index (κ3) is 2.47. The molecule has 0 radical (unpaired) electrons. The van der Waals surface area contributed by atoms with E-state index in [1.807, 2.05) is 0 Å². The van der Waals surface area contributed by atoms with Gasteiger partial charge in [-0.25, -0.2) is 9.37 Å². The predicted molar refractivity (Wildman–Crippen MR) is 49.9 cm³/mol. The Morgan fingerprint density at radius 3 is 3.08 bits per heavy atom. The molecule has 0 atom stereocenters. The first-order valence-electron chi connectivity index (χ1n) is 3.10. The first-order chi connectivity index (χ1) is 5.74. The van der Waals surface area contributed by atoms with Gasteiger partial charge in [-0.15, -0.1) is 0 Å². The fourth-order valence-electron chi connectivity index (χ4n) is 0.639. The lowest BCUT2D eigenvalue weighted by molar-refractivity contribution is 0.621. The van der Waals surface area contributed by atoms with E-state index >= 15 is 0 Å². The zero-order valence-corrected chi connectivity index (χ0v) is 8.28. The van der Waals surface area contributed by atoms with E-state index in [4.69, 9.17) is 11.6 Å². The molecule has 0 aliphatic carbocycles. The van der Waals surface area contributed by atoms with Gasteiger partial charge in [-0.05, 0) is 6.07 Å². The van der Waals surface area contributed by atoms with Gasteiger partial charge in [0.2, 0.25) is 0 Å². The summed E-state index contributed by atoms with van der Waals surface area (Å²) in [5, 5.41) is 0.754. The average molecular weight is 248 g/mol. The number of alkyl halides is 1. The van der Waals surface area contributed by atoms with Crippen molar-refractivity contribution in [1.29, 1.82) is 0 Å². The summed E-state index contributed by atoms with van der Waals surface area (Å²) in [4.78, 5) is 3.60. The number of halogens is 3. The zero-order chi connectivity index (χ0) is 8.97. The summed E-state index contributed by atoms with van der Waals surface area (Å²) in [5.41, 5.74) is 0.413. The second-order valence-electron chi connectivity index (χ2n) is 1.93. The van der Waals surface area contributed by atoms with Crippen LogP contribution in [0.4, 0.5) is 4.39 Å². The fourth-order valence-corrected chi connectivity index (χ4v) is 0.930. The molecule has 0 aliphatic rings. The first-order valence-corrected chi connectivity index (χ1v) is 4.60. The van der Waals surface area contributed by atoms with Crippen LogP contribution in [0, 0.1) is 17.7 Å². The highest BCUT2D eigenvalue weighted by molar-refractivity contribution is 9.09. The number of rotatable bonds is 0. The van der Waals surface area contributed by atoms with Gasteiger partial charge < -0.3 is 0 Å². The average Bonchev–Trinajstić information content (AvgIpc) is 2.07. The molecule has 0 bridgehead atoms. The molecule has 0 aliphatic heterocycles. The Bertz CT molecular complexity index is 343. The summed E-state index contributed by atoms with van der Waals surface area (Å²) in [6.07, 6.45) is 1.06. The SMILES string of the molecule is Fc1cnc(Cl)c(C#CCBr)c1. The highest BCUT2D eigenvalue weighted by Gasteiger charge is 1.99. The van der Waals surface area contributed by atoms with Crippen LogP contribution >= 0.6 is 27.5 Å². The Hall–Kier alpha value is -0.590. The van der Waals surface area contributed by atoms with Gasteiger partial charge in [-0.1, -0.05) is 39.4 Å². The second kappa shape index (κ2) is 4.44. The third-order valence-electron chi connectivity index (χ3n) is 1.10. The molecule has 0 N–H and O–H groups in total. The Labute approximate surface area is 83.1 Å². The third-order valence-corrected chi connectivity index (χ3v) is 1.68. The molecule has 0 saturated carbocycles. The van der Waals surface area contributed by atoms with Crippen LogP contribution in [0.1, 0.15) is 5.56 Å². The van der Waals surface area contributed by atoms with E-state index < -0.39 is 5.82 Å². The minimum atomic E-state index is -0.432. The van der Waals surface area contributed by atoms with Crippen LogP contribution in [0.5, 0.6) is 0 Å². The Morgan fingerprint density at radius 1 is 1.67 bits per heavy atom. The molecule has 1 aromatic heterocycles. The summed E-state index contributed by atoms with van der Waals surface area (Å²) in [6, 6.07) is 1.25. The van der Waals surface area contributed by atoms with E-state index in [1.54, 1.807) is 0 Å². The molecule has 0 spiro atoms. The van der Waals surface area contributed by atoms with Crippen molar-refractivity contribution < 1.29 is 4.39 Å². The van der Waals surface area contributed by atoms with E-state index in [1.165, 1.54) is 6.07 Å². The maximum Gasteiger partial charge on any atom is 0.144 e. The molecule has 1 heterocycles. The van der Waals surface area contributed by atoms with Crippen LogP contribution < -0.4 is 0 Å². The first kappa shape index (κ1) is 9.50. The Balaban J connectivity index is 3.05. The van der Waals surface area contributed by atoms with E-state index in [0.29, 0.717) is 10.9 Å². The van der Waals surface area contributed by atoms with Crippen molar-refractivity contribution in [3.8, 4) is 11.8 Å². The molecule has 0 unspecified atom stereocenters. The molecule has 1 aromatic rings. The molecule has 0 saturated heterocycles. The lowest BCUT2D eigenvalue weighted by Gasteiger charge is -1.93. The van der Waals surface area contributed by atoms with Crippen LogP contribution in [0.2, 0.25) is 5.15 Å². The molecule has 0 aromatic carbocycles. The van der Waals surface area contributed by atoms with Gasteiger partial charge in [-0.2, -0.15) is 0 Å². The van der Waals surface area contributed by atoms with Crippen LogP contribution in [-0.2, 0) is 0 Å². The predicted octanol–water partition coefficient (Wildman–Crippen LogP) is 2.62. The number of nitrogens with zero attached hydrogens (tertiary/aromatic N) is 1. The van der Waals surface area contributed by atoms with E-state index in [0.717, 1.165) is 6.20 Å². The van der Waals surface area contributed by atoms with Crippen molar-refractivity contribution in [2.75, 3.05) is 5.33 Å². The van der Waals surface area contributed by atoms with E-state index in [2.05, 4.69) is 32.8 Å². The number of pyridine rings is 1. The maximum atomic E-state index is 12.6. The summed E-state index contributed by atoms with van der Waals surface area (Å²) in [6.45, 7) is 0. The molecular weight excluding hydrogens is 244 g/mol. The molecule has 1 rings (SSSR count). The highest BCUT2D eigenvalue weighted by atomic mass is 79.9. The van der Waals surface area contributed by atoms with Gasteiger partial charge >= 0.3 is 0 Å². The van der Waals surface area contributed by atoms with Gasteiger partial charge in [0.05, 0.1) is 17.1 Å². The molecule has 0 fully saturated rings. The molecule has 1 nitrogen and oxygen atoms in total. The van der Waals surface area contributed by atoms with Crippen LogP contribution in [0.25, 0.3) is 0 Å². The fraction of sp³-hybridized carbons (Fsp3) is 0.125. The molecule has 62 valence electrons. The lowest BCUT2D eigenvalue weighted by atomic mass is 10.3. The van der Waals surface area contributed by atoms with Gasteiger partial charge in [0.1, 0.15) is 11.0 Å². The summed E-state index contributed by atoms with van der Waals surface area (Å²) >= 11 is 8.76. The van der Waals surface area contributed by atoms with Gasteiger partial charge in [0, 0.05) is 0 Å². The minimum Gasteiger partial charge on any atom is -0.240 e. The second-order valence-corrected chi connectivity index (χ2v) is 2.85. The van der Waals surface area contributed by atoms with E-state index in [-0.39, 0.29) is 5.15 Å². The maximum absolute atomic E-state index is 12.6. The van der Waals surface area contributed by atoms with Crippen LogP contribution in [0.3, 0.4) is 0 Å². The van der Waals surface area contributed by atoms with Crippen molar-refractivity contribution in [2.45, 2.75) is 0 Å². The van der Waals surface area contributed by atoms with Crippen molar-refractivity contribution in [3.63, 3.8) is 0 Å². The van der Waals surface area contributed by atoms with Gasteiger partial charge in [0.15, 0.2) is 0 Å². The van der Waals surface area contributed by atoms with Crippen LogP contribution in [-0.4, -0.2) is 10.3 Å². The number of hydrogen-bond acceptors (Lipinski definition) is 1. The topological polar surface area (TPSA) is 12.9 Å². The quantitative estimate of drug-likeness (QED) is 0.391. The molecule has 12 heavy (non-hydrogen) atoms. The highest BCUT2D eigenvalue weighted by Crippen LogP contribution is 2.11. The standard InChI is InChI=1S/C8H4BrClFN/c9-3-1-2-6-4-7(11)5-12-8(6)10/h4-5H,3H2. The normalized spacial score (nSPS) is 8.92. The Morgan fingerprint density at radius 2 is 2.42 bits per heavy atom. The van der Waals surface area contributed by atoms with E-state index in [9.17, 15) is 4.39 Å². The molecular formula is C8H4BrClFN. The summed E-state index contributed by atoms with van der Waals surface area (Å²) < 4.78 is 12.6. The largest absolute Gasteiger partial charge is 0.240 e. The molecule has 4 heteroatoms. The van der Waals surface area contributed by atoms with Crippen molar-refractivity contribution in [2.24, 2.45) is 0 Å². The minimum absolute atomic E-state index is 0.227. The summed E-state index contributed by atoms with van der Waals surface area (Å²) in [5.74, 6) is 4.95. The van der Waals surface area contributed by atoms with Crippen molar-refractivity contribution in [3.05, 3.63) is 28.8 Å². The monoisotopic (exact) mass is 247 g/mol. The summed E-state index contributed by atoms with van der Waals surface area (Å²) in [7, 11) is 0. The van der Waals surface area contributed by atoms with Gasteiger partial charge in [0.25, 0.3) is 0 Å². The Kier molecular flexibility index (Phi) is 3.51. The number of hydrogen-bond donors (Lipinski definition) is 0. The van der Waals surface area contributed by atoms with Crippen molar-refractivity contribution >= 4 is 27.5 Å². The van der Waals surface area contributed by atoms with Crippen molar-refractivity contribution in [1.82, 2.24) is 4.98 Å². The zero-order valence-electron chi connectivity index (χ0n) is 5.94. The number of aromatic nitrogens is 1. The lowest BCUT2D eigenvalue weighted by Crippen LogP contribution is -1.84. The van der Waals surface area contributed by atoms with Gasteiger partial charge in [-0.3, -0.25) is 0 Å². The smallest absolute Gasteiger partial charge is 0.144 e. The van der Waals surface area contributed by atoms with Crippen LogP contribution in [0.15, 0.2) is 12.3 Å². The molecule has 0 amide bonds.